The number of nitrogens with one attached hydrogen (secondary N) is 2. The highest BCUT2D eigenvalue weighted by Gasteiger charge is 2.13. The van der Waals surface area contributed by atoms with E-state index in [1.54, 1.807) is 48.5 Å². The van der Waals surface area contributed by atoms with Crippen LogP contribution in [0.1, 0.15) is 11.8 Å². The second kappa shape index (κ2) is 6.33. The van der Waals surface area contributed by atoms with E-state index in [1.165, 1.54) is 18.2 Å². The van der Waals surface area contributed by atoms with E-state index in [9.17, 15) is 14.3 Å². The number of phenols is 1. The highest BCUT2D eigenvalue weighted by molar-refractivity contribution is 6.06. The monoisotopic (exact) mass is 349 g/mol. The first-order valence-electron chi connectivity index (χ1n) is 7.96. The van der Waals surface area contributed by atoms with Gasteiger partial charge in [-0.3, -0.25) is 4.79 Å². The summed E-state index contributed by atoms with van der Waals surface area (Å²) in [5, 5.41) is 12.5. The molecule has 6 heteroatoms. The standard InChI is InChI=1S/C20H14FN3O2.H2/c21-15-7-3-1-5-13(15)19-23-16-10-9-12(11-17(16)24-19)22-20(26)14-6-2-4-8-18(14)25;/h1-11,25H,(H,22,26)(H,23,24);1H. The molecule has 0 spiro atoms. The Bertz CT molecular complexity index is 1130. The summed E-state index contributed by atoms with van der Waals surface area (Å²) in [5.74, 6) is -0.451. The lowest BCUT2D eigenvalue weighted by atomic mass is 10.2. The molecule has 26 heavy (non-hydrogen) atoms. The first kappa shape index (κ1) is 15.8. The number of carbonyl (C=O) groups excluding carboxylic acids is 1. The molecular formula is C20H16FN3O2. The molecule has 0 atom stereocenters. The molecule has 0 aliphatic rings. The van der Waals surface area contributed by atoms with Gasteiger partial charge in [-0.15, -0.1) is 0 Å². The van der Waals surface area contributed by atoms with Crippen molar-refractivity contribution in [2.45, 2.75) is 0 Å². The molecule has 1 amide bonds. The van der Waals surface area contributed by atoms with Gasteiger partial charge in [0, 0.05) is 7.11 Å². The second-order valence-electron chi connectivity index (χ2n) is 5.77. The Balaban J connectivity index is 0.00000210. The van der Waals surface area contributed by atoms with E-state index in [2.05, 4.69) is 15.3 Å². The first-order chi connectivity index (χ1) is 12.6. The average molecular weight is 349 g/mol. The number of hydrogen-bond donors (Lipinski definition) is 3. The summed E-state index contributed by atoms with van der Waals surface area (Å²) in [6, 6.07) is 17.8. The van der Waals surface area contributed by atoms with Crippen molar-refractivity contribution < 1.29 is 15.7 Å². The quantitative estimate of drug-likeness (QED) is 0.507. The molecule has 0 radical (unpaired) electrons. The highest BCUT2D eigenvalue weighted by Crippen LogP contribution is 2.25. The number of nitrogens with zero attached hydrogens (tertiary/aromatic N) is 1. The van der Waals surface area contributed by atoms with Gasteiger partial charge in [0.15, 0.2) is 0 Å². The number of rotatable bonds is 3. The zero-order valence-electron chi connectivity index (χ0n) is 13.5. The number of fused-ring (bicyclic) bond motifs is 1. The third kappa shape index (κ3) is 2.88. The van der Waals surface area contributed by atoms with Crippen molar-refractivity contribution in [3.05, 3.63) is 78.1 Å². The number of phenolic OH excluding ortho intramolecular Hbond substituents is 1. The van der Waals surface area contributed by atoms with Gasteiger partial charge < -0.3 is 15.4 Å². The number of H-pyrrole nitrogens is 1. The van der Waals surface area contributed by atoms with Crippen molar-refractivity contribution in [1.29, 1.82) is 0 Å². The predicted molar refractivity (Wildman–Crippen MR) is 99.7 cm³/mol. The Morgan fingerprint density at radius 1 is 1.08 bits per heavy atom. The zero-order valence-corrected chi connectivity index (χ0v) is 13.5. The van der Waals surface area contributed by atoms with Crippen LogP contribution in [0.2, 0.25) is 0 Å². The number of halogens is 1. The maximum Gasteiger partial charge on any atom is 0.259 e. The second-order valence-corrected chi connectivity index (χ2v) is 5.77. The SMILES string of the molecule is O=C(Nc1ccc2nc(-c3ccccc3F)[nH]c2c1)c1ccccc1O.[HH]. The summed E-state index contributed by atoms with van der Waals surface area (Å²) in [6.07, 6.45) is 0. The highest BCUT2D eigenvalue weighted by atomic mass is 19.1. The average Bonchev–Trinajstić information content (AvgIpc) is 3.05. The number of benzene rings is 3. The van der Waals surface area contributed by atoms with Crippen LogP contribution in [0.4, 0.5) is 10.1 Å². The number of carbonyl (C=O) groups is 1. The molecule has 130 valence electrons. The summed E-state index contributed by atoms with van der Waals surface area (Å²) < 4.78 is 13.9. The molecule has 4 aromatic rings. The van der Waals surface area contributed by atoms with E-state index in [1.807, 2.05) is 0 Å². The largest absolute Gasteiger partial charge is 0.507 e. The smallest absolute Gasteiger partial charge is 0.259 e. The van der Waals surface area contributed by atoms with E-state index in [0.29, 0.717) is 28.1 Å². The third-order valence-electron chi connectivity index (χ3n) is 4.02. The molecule has 0 fully saturated rings. The van der Waals surface area contributed by atoms with Gasteiger partial charge in [-0.25, -0.2) is 9.37 Å². The molecule has 1 heterocycles. The van der Waals surface area contributed by atoms with Gasteiger partial charge in [-0.1, -0.05) is 24.3 Å². The fourth-order valence-electron chi connectivity index (χ4n) is 2.73. The van der Waals surface area contributed by atoms with Crippen LogP contribution in [0.25, 0.3) is 22.4 Å². The van der Waals surface area contributed by atoms with E-state index in [-0.39, 0.29) is 18.6 Å². The molecule has 3 aromatic carbocycles. The topological polar surface area (TPSA) is 78.0 Å². The lowest BCUT2D eigenvalue weighted by Crippen LogP contribution is -2.11. The minimum Gasteiger partial charge on any atom is -0.507 e. The maximum absolute atomic E-state index is 13.9. The minimum absolute atomic E-state index is 0. The van der Waals surface area contributed by atoms with Crippen LogP contribution < -0.4 is 5.32 Å². The van der Waals surface area contributed by atoms with Gasteiger partial charge in [0.25, 0.3) is 5.91 Å². The van der Waals surface area contributed by atoms with Crippen LogP contribution in [0.3, 0.4) is 0 Å². The summed E-state index contributed by atoms with van der Waals surface area (Å²) >= 11 is 0. The Hall–Kier alpha value is -3.67. The number of aromatic amines is 1. The maximum atomic E-state index is 13.9. The van der Waals surface area contributed by atoms with Gasteiger partial charge >= 0.3 is 0 Å². The first-order valence-corrected chi connectivity index (χ1v) is 7.96. The van der Waals surface area contributed by atoms with Gasteiger partial charge in [0.05, 0.1) is 22.2 Å². The third-order valence-corrected chi connectivity index (χ3v) is 4.02. The van der Waals surface area contributed by atoms with E-state index >= 15 is 0 Å². The lowest BCUT2D eigenvalue weighted by molar-refractivity contribution is 0.102. The van der Waals surface area contributed by atoms with E-state index < -0.39 is 5.91 Å². The Morgan fingerprint density at radius 2 is 1.85 bits per heavy atom. The molecule has 0 saturated heterocycles. The molecule has 0 aliphatic carbocycles. The molecule has 4 rings (SSSR count). The lowest BCUT2D eigenvalue weighted by Gasteiger charge is -2.06. The molecule has 0 aliphatic heterocycles. The Kier molecular flexibility index (Phi) is 3.85. The number of aromatic nitrogens is 2. The Morgan fingerprint density at radius 3 is 2.65 bits per heavy atom. The van der Waals surface area contributed by atoms with Crippen LogP contribution in [0.5, 0.6) is 5.75 Å². The summed E-state index contributed by atoms with van der Waals surface area (Å²) in [6.45, 7) is 0. The fourth-order valence-corrected chi connectivity index (χ4v) is 2.73. The minimum atomic E-state index is -0.420. The number of amides is 1. The summed E-state index contributed by atoms with van der Waals surface area (Å²) in [7, 11) is 0. The van der Waals surface area contributed by atoms with Crippen molar-refractivity contribution in [3.8, 4) is 17.1 Å². The summed E-state index contributed by atoms with van der Waals surface area (Å²) in [5.41, 5.74) is 2.42. The van der Waals surface area contributed by atoms with Crippen molar-refractivity contribution in [3.63, 3.8) is 0 Å². The molecular weight excluding hydrogens is 333 g/mol. The zero-order chi connectivity index (χ0) is 18.1. The normalized spacial score (nSPS) is 10.8. The molecule has 1 aromatic heterocycles. The fraction of sp³-hybridized carbons (Fsp3) is 0. The van der Waals surface area contributed by atoms with Crippen LogP contribution in [0, 0.1) is 5.82 Å². The number of aromatic hydroxyl groups is 1. The van der Waals surface area contributed by atoms with Crippen LogP contribution in [-0.2, 0) is 0 Å². The Labute approximate surface area is 149 Å². The van der Waals surface area contributed by atoms with E-state index in [4.69, 9.17) is 0 Å². The van der Waals surface area contributed by atoms with Crippen LogP contribution >= 0.6 is 0 Å². The molecule has 0 unspecified atom stereocenters. The molecule has 5 nitrogen and oxygen atoms in total. The van der Waals surface area contributed by atoms with Crippen LogP contribution in [0.15, 0.2) is 66.7 Å². The number of hydrogen-bond acceptors (Lipinski definition) is 3. The van der Waals surface area contributed by atoms with Crippen molar-refractivity contribution >= 4 is 22.6 Å². The molecule has 3 N–H and O–H groups in total. The van der Waals surface area contributed by atoms with Crippen LogP contribution in [-0.4, -0.2) is 21.0 Å². The van der Waals surface area contributed by atoms with Gasteiger partial charge in [-0.05, 0) is 42.5 Å². The van der Waals surface area contributed by atoms with E-state index in [0.717, 1.165) is 0 Å². The van der Waals surface area contributed by atoms with Gasteiger partial charge in [-0.2, -0.15) is 0 Å². The van der Waals surface area contributed by atoms with Gasteiger partial charge in [0.1, 0.15) is 17.4 Å². The molecule has 0 saturated carbocycles. The van der Waals surface area contributed by atoms with Gasteiger partial charge in [0.2, 0.25) is 0 Å². The summed E-state index contributed by atoms with van der Waals surface area (Å²) in [4.78, 5) is 19.7. The number of anilines is 1. The van der Waals surface area contributed by atoms with Crippen molar-refractivity contribution in [2.24, 2.45) is 0 Å². The van der Waals surface area contributed by atoms with Crippen molar-refractivity contribution in [2.75, 3.05) is 5.32 Å². The number of para-hydroxylation sites is 1. The number of imidazole rings is 1. The predicted octanol–water partition coefficient (Wildman–Crippen LogP) is 4.57. The molecule has 0 bridgehead atoms. The van der Waals surface area contributed by atoms with Crippen molar-refractivity contribution in [1.82, 2.24) is 9.97 Å².